The second-order valence-electron chi connectivity index (χ2n) is 5.61. The first-order chi connectivity index (χ1) is 11.8. The fourth-order valence-electron chi connectivity index (χ4n) is 2.87. The zero-order valence-corrected chi connectivity index (χ0v) is 13.8. The van der Waals surface area contributed by atoms with E-state index in [1.807, 2.05) is 54.6 Å². The Morgan fingerprint density at radius 2 is 1.92 bits per heavy atom. The fourth-order valence-corrected chi connectivity index (χ4v) is 3.70. The molecule has 0 saturated heterocycles. The van der Waals surface area contributed by atoms with Gasteiger partial charge >= 0.3 is 0 Å². The number of nitrogens with one attached hydrogen (secondary N) is 1. The van der Waals surface area contributed by atoms with Gasteiger partial charge in [0.25, 0.3) is 0 Å². The van der Waals surface area contributed by atoms with E-state index in [2.05, 4.69) is 10.3 Å². The molecule has 5 heteroatoms. The highest BCUT2D eigenvalue weighted by molar-refractivity contribution is 7.19. The summed E-state index contributed by atoms with van der Waals surface area (Å²) >= 11 is 1.49. The van der Waals surface area contributed by atoms with Gasteiger partial charge in [0.05, 0.1) is 17.4 Å². The first kappa shape index (κ1) is 14.9. The molecular formula is C19H16N2O2S. The summed E-state index contributed by atoms with van der Waals surface area (Å²) in [4.78, 5) is 18.1. The summed E-state index contributed by atoms with van der Waals surface area (Å²) < 4.78 is 5.62. The molecule has 4 nitrogen and oxygen atoms in total. The van der Waals surface area contributed by atoms with Gasteiger partial charge in [0, 0.05) is 11.8 Å². The van der Waals surface area contributed by atoms with Crippen molar-refractivity contribution in [3.8, 4) is 16.2 Å². The van der Waals surface area contributed by atoms with Crippen molar-refractivity contribution < 1.29 is 9.53 Å². The summed E-state index contributed by atoms with van der Waals surface area (Å²) in [6, 6.07) is 17.8. The number of amides is 1. The number of rotatable bonds is 3. The molecule has 2 aromatic carbocycles. The van der Waals surface area contributed by atoms with Crippen LogP contribution in [0, 0.1) is 0 Å². The summed E-state index contributed by atoms with van der Waals surface area (Å²) in [5, 5.41) is 3.58. The van der Waals surface area contributed by atoms with Crippen molar-refractivity contribution in [3.05, 3.63) is 66.4 Å². The Morgan fingerprint density at radius 3 is 2.79 bits per heavy atom. The molecule has 0 saturated carbocycles. The molecule has 1 aliphatic rings. The Kier molecular flexibility index (Phi) is 4.01. The van der Waals surface area contributed by atoms with Crippen LogP contribution in [0.1, 0.15) is 17.9 Å². The number of aromatic nitrogens is 1. The van der Waals surface area contributed by atoms with Crippen molar-refractivity contribution in [2.45, 2.75) is 12.3 Å². The fraction of sp³-hybridized carbons (Fsp3) is 0.158. The van der Waals surface area contributed by atoms with Gasteiger partial charge in [-0.3, -0.25) is 4.79 Å². The Balaban J connectivity index is 1.53. The summed E-state index contributed by atoms with van der Waals surface area (Å²) in [6.45, 7) is 0.558. The Hall–Kier alpha value is -2.66. The van der Waals surface area contributed by atoms with Gasteiger partial charge in [0.15, 0.2) is 5.13 Å². The first-order valence-corrected chi connectivity index (χ1v) is 8.67. The normalized spacial score (nSPS) is 16.1. The number of hydrogen-bond acceptors (Lipinski definition) is 4. The number of nitrogens with zero attached hydrogens (tertiary/aromatic N) is 1. The van der Waals surface area contributed by atoms with E-state index in [0.29, 0.717) is 18.2 Å². The van der Waals surface area contributed by atoms with Crippen molar-refractivity contribution >= 4 is 22.4 Å². The average molecular weight is 336 g/mol. The smallest absolute Gasteiger partial charge is 0.233 e. The topological polar surface area (TPSA) is 51.2 Å². The Morgan fingerprint density at radius 1 is 1.12 bits per heavy atom. The van der Waals surface area contributed by atoms with Crippen molar-refractivity contribution in [2.24, 2.45) is 0 Å². The highest BCUT2D eigenvalue weighted by Crippen LogP contribution is 2.35. The molecule has 3 aromatic rings. The van der Waals surface area contributed by atoms with E-state index in [-0.39, 0.29) is 11.8 Å². The van der Waals surface area contributed by atoms with Crippen molar-refractivity contribution in [1.29, 1.82) is 0 Å². The van der Waals surface area contributed by atoms with Gasteiger partial charge < -0.3 is 10.1 Å². The van der Waals surface area contributed by atoms with E-state index in [4.69, 9.17) is 4.74 Å². The zero-order chi connectivity index (χ0) is 16.4. The van der Waals surface area contributed by atoms with Crippen LogP contribution in [-0.4, -0.2) is 17.5 Å². The molecule has 24 heavy (non-hydrogen) atoms. The molecule has 1 N–H and O–H groups in total. The number of carbonyl (C=O) groups is 1. The number of fused-ring (bicyclic) bond motifs is 1. The summed E-state index contributed by atoms with van der Waals surface area (Å²) in [7, 11) is 0. The Bertz CT molecular complexity index is 861. The molecule has 0 radical (unpaired) electrons. The second-order valence-corrected chi connectivity index (χ2v) is 6.64. The molecular weight excluding hydrogens is 320 g/mol. The van der Waals surface area contributed by atoms with Crippen LogP contribution in [0.2, 0.25) is 0 Å². The molecule has 0 aliphatic carbocycles. The number of hydrogen-bond donors (Lipinski definition) is 1. The number of carbonyl (C=O) groups excluding carboxylic acids is 1. The van der Waals surface area contributed by atoms with E-state index >= 15 is 0 Å². The lowest BCUT2D eigenvalue weighted by Gasteiger charge is -2.24. The number of anilines is 1. The molecule has 0 spiro atoms. The maximum Gasteiger partial charge on any atom is 0.233 e. The van der Waals surface area contributed by atoms with Crippen LogP contribution in [0.4, 0.5) is 5.13 Å². The molecule has 0 bridgehead atoms. The third kappa shape index (κ3) is 2.90. The average Bonchev–Trinajstić information content (AvgIpc) is 3.10. The van der Waals surface area contributed by atoms with Crippen LogP contribution in [0.25, 0.3) is 10.4 Å². The van der Waals surface area contributed by atoms with Crippen LogP contribution in [0.3, 0.4) is 0 Å². The van der Waals surface area contributed by atoms with Crippen molar-refractivity contribution in [2.75, 3.05) is 11.9 Å². The lowest BCUT2D eigenvalue weighted by molar-refractivity contribution is -0.118. The van der Waals surface area contributed by atoms with Crippen LogP contribution >= 0.6 is 11.3 Å². The van der Waals surface area contributed by atoms with Crippen LogP contribution in [0.5, 0.6) is 5.75 Å². The number of ether oxygens (including phenoxy) is 1. The van der Waals surface area contributed by atoms with Gasteiger partial charge in [-0.05, 0) is 18.1 Å². The summed E-state index contributed by atoms with van der Waals surface area (Å²) in [5.74, 6) is 0.576. The van der Waals surface area contributed by atoms with Crippen LogP contribution < -0.4 is 10.1 Å². The van der Waals surface area contributed by atoms with Gasteiger partial charge in [0.1, 0.15) is 5.75 Å². The monoisotopic (exact) mass is 336 g/mol. The van der Waals surface area contributed by atoms with Crippen LogP contribution in [-0.2, 0) is 4.79 Å². The van der Waals surface area contributed by atoms with Gasteiger partial charge in [-0.1, -0.05) is 59.9 Å². The first-order valence-electron chi connectivity index (χ1n) is 7.85. The molecule has 120 valence electrons. The highest BCUT2D eigenvalue weighted by Gasteiger charge is 2.27. The summed E-state index contributed by atoms with van der Waals surface area (Å²) in [5.41, 5.74) is 2.05. The van der Waals surface area contributed by atoms with Gasteiger partial charge in [-0.25, -0.2) is 4.98 Å². The second kappa shape index (κ2) is 6.45. The molecule has 2 heterocycles. The van der Waals surface area contributed by atoms with E-state index in [0.717, 1.165) is 21.8 Å². The van der Waals surface area contributed by atoms with E-state index in [9.17, 15) is 4.79 Å². The standard InChI is InChI=1S/C19H16N2O2S/c22-18(15-10-11-23-16-9-5-4-8-14(15)16)21-19-20-12-17(24-19)13-6-2-1-3-7-13/h1-9,12,15H,10-11H2,(H,20,21,22). The molecule has 0 fully saturated rings. The summed E-state index contributed by atoms with van der Waals surface area (Å²) in [6.07, 6.45) is 2.48. The lowest BCUT2D eigenvalue weighted by Crippen LogP contribution is -2.26. The minimum Gasteiger partial charge on any atom is -0.493 e. The third-order valence-electron chi connectivity index (χ3n) is 4.07. The quantitative estimate of drug-likeness (QED) is 0.775. The predicted molar refractivity (Wildman–Crippen MR) is 95.5 cm³/mol. The van der Waals surface area contributed by atoms with Gasteiger partial charge in [-0.2, -0.15) is 0 Å². The molecule has 1 atom stereocenters. The zero-order valence-electron chi connectivity index (χ0n) is 12.9. The van der Waals surface area contributed by atoms with E-state index in [1.165, 1.54) is 11.3 Å². The molecule has 1 aromatic heterocycles. The highest BCUT2D eigenvalue weighted by atomic mass is 32.1. The minimum atomic E-state index is -0.195. The minimum absolute atomic E-state index is 0.0280. The van der Waals surface area contributed by atoms with Gasteiger partial charge in [-0.15, -0.1) is 0 Å². The molecule has 1 unspecified atom stereocenters. The lowest BCUT2D eigenvalue weighted by atomic mass is 9.92. The van der Waals surface area contributed by atoms with Crippen molar-refractivity contribution in [1.82, 2.24) is 4.98 Å². The number of thiazole rings is 1. The number of benzene rings is 2. The predicted octanol–water partition coefficient (Wildman–Crippen LogP) is 4.31. The molecule has 1 amide bonds. The molecule has 1 aliphatic heterocycles. The van der Waals surface area contributed by atoms with Crippen molar-refractivity contribution in [3.63, 3.8) is 0 Å². The Labute approximate surface area is 144 Å². The maximum absolute atomic E-state index is 12.7. The SMILES string of the molecule is O=C(Nc1ncc(-c2ccccc2)s1)C1CCOc2ccccc21. The van der Waals surface area contributed by atoms with Crippen LogP contribution in [0.15, 0.2) is 60.8 Å². The third-order valence-corrected chi connectivity index (χ3v) is 5.03. The maximum atomic E-state index is 12.7. The number of para-hydroxylation sites is 1. The molecule has 4 rings (SSSR count). The largest absolute Gasteiger partial charge is 0.493 e. The van der Waals surface area contributed by atoms with E-state index in [1.54, 1.807) is 6.20 Å². The van der Waals surface area contributed by atoms with Gasteiger partial charge in [0.2, 0.25) is 5.91 Å². The van der Waals surface area contributed by atoms with E-state index < -0.39 is 0 Å².